The van der Waals surface area contributed by atoms with Gasteiger partial charge in [0.1, 0.15) is 5.69 Å². The van der Waals surface area contributed by atoms with E-state index >= 15 is 0 Å². The monoisotopic (exact) mass is 466 g/mol. The van der Waals surface area contributed by atoms with Crippen molar-refractivity contribution >= 4 is 33.2 Å². The Morgan fingerprint density at radius 3 is 2.69 bits per heavy atom. The number of rotatable bonds is 7. The van der Waals surface area contributed by atoms with E-state index in [0.29, 0.717) is 24.3 Å². The molecule has 5 nitrogen and oxygen atoms in total. The maximum atomic E-state index is 12.9. The average Bonchev–Trinajstić information content (AvgIpc) is 3.35. The summed E-state index contributed by atoms with van der Waals surface area (Å²) < 4.78 is 2.91. The standard InChI is InChI=1S/C22H19BrN4OS/c23-20-9-8-18(29-20)10-12-25-22(28)19-15-27(14-16-5-2-1-3-6-16)26-21(19)17-7-4-11-24-13-17/h1-9,11,13,15H,10,12,14H2,(H,25,28). The van der Waals surface area contributed by atoms with Crippen molar-refractivity contribution in [2.75, 3.05) is 6.54 Å². The second-order valence-corrected chi connectivity index (χ2v) is 9.08. The highest BCUT2D eigenvalue weighted by Gasteiger charge is 2.18. The van der Waals surface area contributed by atoms with Crippen molar-refractivity contribution in [3.8, 4) is 11.3 Å². The molecule has 7 heteroatoms. The number of benzene rings is 1. The minimum atomic E-state index is -0.126. The van der Waals surface area contributed by atoms with Crippen LogP contribution in [-0.2, 0) is 13.0 Å². The summed E-state index contributed by atoms with van der Waals surface area (Å²) in [4.78, 5) is 18.3. The Bertz CT molecular complexity index is 1090. The lowest BCUT2D eigenvalue weighted by Crippen LogP contribution is -2.25. The predicted molar refractivity (Wildman–Crippen MR) is 119 cm³/mol. The summed E-state index contributed by atoms with van der Waals surface area (Å²) in [6.07, 6.45) is 6.05. The molecule has 0 aliphatic heterocycles. The van der Waals surface area contributed by atoms with E-state index in [1.54, 1.807) is 23.7 Å². The predicted octanol–water partition coefficient (Wildman–Crippen LogP) is 4.79. The molecule has 0 spiro atoms. The maximum absolute atomic E-state index is 12.9. The van der Waals surface area contributed by atoms with Crippen LogP contribution in [0.4, 0.5) is 0 Å². The lowest BCUT2D eigenvalue weighted by Gasteiger charge is -2.04. The van der Waals surface area contributed by atoms with Crippen LogP contribution in [0.25, 0.3) is 11.3 Å². The number of thiophene rings is 1. The van der Waals surface area contributed by atoms with E-state index in [4.69, 9.17) is 0 Å². The van der Waals surface area contributed by atoms with Crippen molar-refractivity contribution in [2.45, 2.75) is 13.0 Å². The Morgan fingerprint density at radius 2 is 1.97 bits per heavy atom. The van der Waals surface area contributed by atoms with E-state index in [1.165, 1.54) is 4.88 Å². The zero-order valence-corrected chi connectivity index (χ0v) is 18.0. The van der Waals surface area contributed by atoms with Crippen LogP contribution in [-0.4, -0.2) is 27.2 Å². The van der Waals surface area contributed by atoms with Crippen molar-refractivity contribution in [3.63, 3.8) is 0 Å². The van der Waals surface area contributed by atoms with Gasteiger partial charge in [0.25, 0.3) is 5.91 Å². The summed E-state index contributed by atoms with van der Waals surface area (Å²) in [5, 5.41) is 7.70. The second-order valence-electron chi connectivity index (χ2n) is 6.53. The molecule has 0 fully saturated rings. The SMILES string of the molecule is O=C(NCCc1ccc(Br)s1)c1cn(Cc2ccccc2)nc1-c1cccnc1. The number of amides is 1. The van der Waals surface area contributed by atoms with Gasteiger partial charge in [-0.2, -0.15) is 5.10 Å². The van der Waals surface area contributed by atoms with E-state index < -0.39 is 0 Å². The third-order valence-corrected chi connectivity index (χ3v) is 6.10. The molecule has 0 radical (unpaired) electrons. The molecule has 1 aromatic carbocycles. The van der Waals surface area contributed by atoms with Gasteiger partial charge in [-0.25, -0.2) is 0 Å². The zero-order chi connectivity index (χ0) is 20.1. The van der Waals surface area contributed by atoms with Crippen LogP contribution in [0, 0.1) is 0 Å². The first-order valence-corrected chi connectivity index (χ1v) is 10.8. The molecule has 3 heterocycles. The lowest BCUT2D eigenvalue weighted by molar-refractivity contribution is 0.0954. The molecule has 29 heavy (non-hydrogen) atoms. The van der Waals surface area contributed by atoms with Gasteiger partial charge in [-0.1, -0.05) is 30.3 Å². The molecule has 1 N–H and O–H groups in total. The Morgan fingerprint density at radius 1 is 1.10 bits per heavy atom. The van der Waals surface area contributed by atoms with Crippen LogP contribution in [0.5, 0.6) is 0 Å². The Kier molecular flexibility index (Phi) is 6.17. The molecule has 0 atom stereocenters. The second kappa shape index (κ2) is 9.15. The summed E-state index contributed by atoms with van der Waals surface area (Å²) >= 11 is 5.15. The topological polar surface area (TPSA) is 59.8 Å². The quantitative estimate of drug-likeness (QED) is 0.425. The van der Waals surface area contributed by atoms with Gasteiger partial charge in [-0.05, 0) is 52.2 Å². The molecule has 1 amide bonds. The van der Waals surface area contributed by atoms with Gasteiger partial charge in [-0.15, -0.1) is 11.3 Å². The molecule has 4 aromatic rings. The number of pyridine rings is 1. The molecular formula is C22H19BrN4OS. The minimum Gasteiger partial charge on any atom is -0.352 e. The Balaban J connectivity index is 1.54. The average molecular weight is 467 g/mol. The van der Waals surface area contributed by atoms with Crippen molar-refractivity contribution in [1.82, 2.24) is 20.1 Å². The van der Waals surface area contributed by atoms with E-state index in [0.717, 1.165) is 21.3 Å². The number of halogens is 1. The number of hydrogen-bond donors (Lipinski definition) is 1. The number of hydrogen-bond acceptors (Lipinski definition) is 4. The van der Waals surface area contributed by atoms with Gasteiger partial charge in [0.15, 0.2) is 0 Å². The van der Waals surface area contributed by atoms with Crippen molar-refractivity contribution in [2.24, 2.45) is 0 Å². The Labute approximate surface area is 181 Å². The van der Waals surface area contributed by atoms with Gasteiger partial charge in [0, 0.05) is 35.6 Å². The van der Waals surface area contributed by atoms with Gasteiger partial charge >= 0.3 is 0 Å². The van der Waals surface area contributed by atoms with E-state index in [-0.39, 0.29) is 5.91 Å². The summed E-state index contributed by atoms with van der Waals surface area (Å²) in [5.74, 6) is -0.126. The van der Waals surface area contributed by atoms with Crippen molar-refractivity contribution < 1.29 is 4.79 Å². The summed E-state index contributed by atoms with van der Waals surface area (Å²) in [6, 6.07) is 17.9. The highest BCUT2D eigenvalue weighted by Crippen LogP contribution is 2.23. The molecule has 146 valence electrons. The van der Waals surface area contributed by atoms with E-state index in [1.807, 2.05) is 59.4 Å². The van der Waals surface area contributed by atoms with Crippen LogP contribution in [0.1, 0.15) is 20.8 Å². The Hall–Kier alpha value is -2.77. The fraction of sp³-hybridized carbons (Fsp3) is 0.136. The third-order valence-electron chi connectivity index (χ3n) is 4.41. The third kappa shape index (κ3) is 4.99. The summed E-state index contributed by atoms with van der Waals surface area (Å²) in [6.45, 7) is 1.17. The molecular weight excluding hydrogens is 448 g/mol. The number of nitrogens with one attached hydrogen (secondary N) is 1. The molecule has 0 aliphatic rings. The molecule has 0 unspecified atom stereocenters. The minimum absolute atomic E-state index is 0.126. The fourth-order valence-corrected chi connectivity index (χ4v) is 4.52. The molecule has 0 saturated heterocycles. The first-order chi connectivity index (χ1) is 14.2. The number of aromatic nitrogens is 3. The largest absolute Gasteiger partial charge is 0.352 e. The molecule has 0 aliphatic carbocycles. The van der Waals surface area contributed by atoms with Gasteiger partial charge in [-0.3, -0.25) is 14.5 Å². The first kappa shape index (κ1) is 19.5. The zero-order valence-electron chi connectivity index (χ0n) is 15.6. The summed E-state index contributed by atoms with van der Waals surface area (Å²) in [5.41, 5.74) is 3.15. The number of nitrogens with zero attached hydrogens (tertiary/aromatic N) is 3. The van der Waals surface area contributed by atoms with Gasteiger partial charge in [0.05, 0.1) is 15.9 Å². The highest BCUT2D eigenvalue weighted by atomic mass is 79.9. The molecule has 0 bridgehead atoms. The van der Waals surface area contributed by atoms with Crippen LogP contribution in [0.15, 0.2) is 77.0 Å². The van der Waals surface area contributed by atoms with E-state index in [9.17, 15) is 4.79 Å². The number of carbonyl (C=O) groups is 1. The molecule has 0 saturated carbocycles. The highest BCUT2D eigenvalue weighted by molar-refractivity contribution is 9.11. The summed E-state index contributed by atoms with van der Waals surface area (Å²) in [7, 11) is 0. The molecule has 3 aromatic heterocycles. The van der Waals surface area contributed by atoms with Crippen molar-refractivity contribution in [1.29, 1.82) is 0 Å². The smallest absolute Gasteiger partial charge is 0.255 e. The fourth-order valence-electron chi connectivity index (χ4n) is 3.04. The lowest BCUT2D eigenvalue weighted by atomic mass is 10.1. The van der Waals surface area contributed by atoms with Crippen LogP contribution in [0.3, 0.4) is 0 Å². The van der Waals surface area contributed by atoms with Gasteiger partial charge < -0.3 is 5.32 Å². The first-order valence-electron chi connectivity index (χ1n) is 9.23. The van der Waals surface area contributed by atoms with Crippen molar-refractivity contribution in [3.05, 3.63) is 93.0 Å². The van der Waals surface area contributed by atoms with E-state index in [2.05, 4.69) is 37.4 Å². The van der Waals surface area contributed by atoms with Gasteiger partial charge in [0.2, 0.25) is 0 Å². The molecule has 4 rings (SSSR count). The normalized spacial score (nSPS) is 10.8. The van der Waals surface area contributed by atoms with Crippen LogP contribution >= 0.6 is 27.3 Å². The maximum Gasteiger partial charge on any atom is 0.255 e. The van der Waals surface area contributed by atoms with Crippen LogP contribution in [0.2, 0.25) is 0 Å². The van der Waals surface area contributed by atoms with Crippen LogP contribution < -0.4 is 5.32 Å². The number of carbonyl (C=O) groups excluding carboxylic acids is 1.